The van der Waals surface area contributed by atoms with Crippen molar-refractivity contribution >= 4 is 33.1 Å². The first-order chi connectivity index (χ1) is 18.7. The van der Waals surface area contributed by atoms with E-state index in [4.69, 9.17) is 9.72 Å². The van der Waals surface area contributed by atoms with E-state index < -0.39 is 0 Å². The van der Waals surface area contributed by atoms with Crippen LogP contribution in [0.5, 0.6) is 0 Å². The van der Waals surface area contributed by atoms with Crippen molar-refractivity contribution in [2.45, 2.75) is 39.2 Å². The maximum Gasteiger partial charge on any atom is 0.253 e. The van der Waals surface area contributed by atoms with Gasteiger partial charge in [-0.1, -0.05) is 12.1 Å². The average Bonchev–Trinajstić information content (AvgIpc) is 3.46. The number of hydrogen-bond acceptors (Lipinski definition) is 7. The second-order valence-corrected chi connectivity index (χ2v) is 11.2. The van der Waals surface area contributed by atoms with Crippen molar-refractivity contribution in [2.24, 2.45) is 0 Å². The molecule has 0 aliphatic carbocycles. The van der Waals surface area contributed by atoms with Gasteiger partial charge in [0.2, 0.25) is 0 Å². The standard InChI is InChI=1S/C30H41N5O2S/c1-3-34(4-2)30(36)24-8-5-7-23(21-24)27-22-28(29-26(32-27)11-20-38-29)31-12-6-13-33-14-9-25(10-15-33)35-16-18-37-19-17-35/h5,7-8,11,20-22,25H,3-4,6,9-10,12-19H2,1-2H3,(H,31,32). The molecule has 2 saturated heterocycles. The number of benzene rings is 1. The van der Waals surface area contributed by atoms with Gasteiger partial charge in [0.1, 0.15) is 0 Å². The first kappa shape index (κ1) is 27.1. The third-order valence-electron chi connectivity index (χ3n) is 7.95. The van der Waals surface area contributed by atoms with Crippen LogP contribution in [0.2, 0.25) is 0 Å². The topological polar surface area (TPSA) is 60.9 Å². The molecule has 2 aliphatic heterocycles. The first-order valence-electron chi connectivity index (χ1n) is 14.2. The van der Waals surface area contributed by atoms with Crippen LogP contribution in [0.15, 0.2) is 41.8 Å². The van der Waals surface area contributed by atoms with E-state index in [1.54, 1.807) is 11.3 Å². The number of nitrogens with one attached hydrogen (secondary N) is 1. The molecule has 0 bridgehead atoms. The molecule has 1 N–H and O–H groups in total. The molecule has 0 unspecified atom stereocenters. The van der Waals surface area contributed by atoms with E-state index >= 15 is 0 Å². The molecule has 0 atom stereocenters. The Morgan fingerprint density at radius 2 is 1.89 bits per heavy atom. The number of ether oxygens (including phenoxy) is 1. The number of likely N-dealkylation sites (tertiary alicyclic amines) is 1. The van der Waals surface area contributed by atoms with Gasteiger partial charge in [0.05, 0.1) is 34.8 Å². The minimum absolute atomic E-state index is 0.0702. The van der Waals surface area contributed by atoms with Crippen LogP contribution in [-0.4, -0.2) is 97.2 Å². The summed E-state index contributed by atoms with van der Waals surface area (Å²) >= 11 is 1.73. The average molecular weight is 536 g/mol. The highest BCUT2D eigenvalue weighted by molar-refractivity contribution is 7.17. The van der Waals surface area contributed by atoms with Gasteiger partial charge in [0, 0.05) is 49.9 Å². The van der Waals surface area contributed by atoms with Gasteiger partial charge in [0.25, 0.3) is 5.91 Å². The molecule has 7 nitrogen and oxygen atoms in total. The lowest BCUT2D eigenvalue weighted by Gasteiger charge is -2.40. The van der Waals surface area contributed by atoms with E-state index in [2.05, 4.69) is 32.6 Å². The van der Waals surface area contributed by atoms with Crippen LogP contribution in [0.4, 0.5) is 5.69 Å². The van der Waals surface area contributed by atoms with E-state index in [0.29, 0.717) is 18.7 Å². The second-order valence-electron chi connectivity index (χ2n) is 10.2. The summed E-state index contributed by atoms with van der Waals surface area (Å²) in [6, 6.07) is 12.8. The van der Waals surface area contributed by atoms with Crippen molar-refractivity contribution in [3.8, 4) is 11.3 Å². The Labute approximate surface area is 230 Å². The van der Waals surface area contributed by atoms with Gasteiger partial charge in [-0.2, -0.15) is 0 Å². The number of thiophene rings is 1. The molecule has 3 aromatic rings. The highest BCUT2D eigenvalue weighted by Crippen LogP contribution is 2.32. The van der Waals surface area contributed by atoms with Gasteiger partial charge in [0.15, 0.2) is 0 Å². The van der Waals surface area contributed by atoms with E-state index in [-0.39, 0.29) is 5.91 Å². The first-order valence-corrected chi connectivity index (χ1v) is 15.1. The quantitative estimate of drug-likeness (QED) is 0.367. The maximum absolute atomic E-state index is 12.9. The Balaban J connectivity index is 1.19. The normalized spacial score (nSPS) is 17.6. The van der Waals surface area contributed by atoms with Crippen molar-refractivity contribution in [3.63, 3.8) is 0 Å². The Kier molecular flexibility index (Phi) is 9.27. The number of amides is 1. The van der Waals surface area contributed by atoms with E-state index in [9.17, 15) is 4.79 Å². The van der Waals surface area contributed by atoms with Gasteiger partial charge in [-0.15, -0.1) is 11.3 Å². The highest BCUT2D eigenvalue weighted by atomic mass is 32.1. The molecule has 4 heterocycles. The summed E-state index contributed by atoms with van der Waals surface area (Å²) in [5.74, 6) is 0.0702. The molecule has 1 amide bonds. The summed E-state index contributed by atoms with van der Waals surface area (Å²) in [5, 5.41) is 5.81. The molecule has 0 saturated carbocycles. The van der Waals surface area contributed by atoms with Gasteiger partial charge < -0.3 is 19.9 Å². The molecule has 2 aliphatic rings. The summed E-state index contributed by atoms with van der Waals surface area (Å²) in [5.41, 5.74) is 4.72. The number of hydrogen-bond donors (Lipinski definition) is 1. The smallest absolute Gasteiger partial charge is 0.253 e. The Hall–Kier alpha value is -2.52. The molecule has 204 valence electrons. The predicted octanol–water partition coefficient (Wildman–Crippen LogP) is 5.04. The molecular formula is C30H41N5O2S. The highest BCUT2D eigenvalue weighted by Gasteiger charge is 2.25. The molecule has 1 aromatic carbocycles. The van der Waals surface area contributed by atoms with Gasteiger partial charge in [-0.3, -0.25) is 9.69 Å². The fourth-order valence-electron chi connectivity index (χ4n) is 5.72. The van der Waals surface area contributed by atoms with Crippen molar-refractivity contribution in [1.29, 1.82) is 0 Å². The van der Waals surface area contributed by atoms with Crippen LogP contribution in [0.25, 0.3) is 21.5 Å². The third-order valence-corrected chi connectivity index (χ3v) is 8.89. The number of anilines is 1. The van der Waals surface area contributed by atoms with Crippen LogP contribution in [-0.2, 0) is 4.74 Å². The summed E-state index contributed by atoms with van der Waals surface area (Å²) in [7, 11) is 0. The van der Waals surface area contributed by atoms with Gasteiger partial charge in [-0.25, -0.2) is 4.98 Å². The minimum atomic E-state index is 0.0702. The monoisotopic (exact) mass is 535 g/mol. The lowest BCUT2D eigenvalue weighted by molar-refractivity contribution is 0.000914. The second kappa shape index (κ2) is 13.0. The Bertz CT molecular complexity index is 1200. The fourth-order valence-corrected chi connectivity index (χ4v) is 6.54. The number of fused-ring (bicyclic) bond motifs is 1. The van der Waals surface area contributed by atoms with Crippen LogP contribution in [0.1, 0.15) is 43.5 Å². The molecule has 0 radical (unpaired) electrons. The SMILES string of the molecule is CCN(CC)C(=O)c1cccc(-c2cc(NCCCN3CCC(N4CCOCC4)CC3)c3sccc3n2)c1. The van der Waals surface area contributed by atoms with E-state index in [0.717, 1.165) is 74.3 Å². The Morgan fingerprint density at radius 3 is 2.66 bits per heavy atom. The molecule has 5 rings (SSSR count). The van der Waals surface area contributed by atoms with Gasteiger partial charge in [-0.05, 0) is 82.4 Å². The van der Waals surface area contributed by atoms with Crippen LogP contribution < -0.4 is 5.32 Å². The van der Waals surface area contributed by atoms with E-state index in [1.165, 1.54) is 30.6 Å². The number of carbonyl (C=O) groups excluding carboxylic acids is 1. The predicted molar refractivity (Wildman–Crippen MR) is 157 cm³/mol. The van der Waals surface area contributed by atoms with Crippen molar-refractivity contribution in [1.82, 2.24) is 19.7 Å². The zero-order valence-corrected chi connectivity index (χ0v) is 23.6. The zero-order valence-electron chi connectivity index (χ0n) is 22.8. The van der Waals surface area contributed by atoms with Gasteiger partial charge >= 0.3 is 0 Å². The lowest BCUT2D eigenvalue weighted by Crippen LogP contribution is -2.49. The molecule has 8 heteroatoms. The van der Waals surface area contributed by atoms with Crippen molar-refractivity contribution in [2.75, 3.05) is 70.9 Å². The molecule has 38 heavy (non-hydrogen) atoms. The van der Waals surface area contributed by atoms with E-state index in [1.807, 2.05) is 43.0 Å². The lowest BCUT2D eigenvalue weighted by atomic mass is 10.0. The maximum atomic E-state index is 12.9. The van der Waals surface area contributed by atoms with Crippen LogP contribution in [0.3, 0.4) is 0 Å². The molecule has 0 spiro atoms. The third kappa shape index (κ3) is 6.37. The fraction of sp³-hybridized carbons (Fsp3) is 0.533. The summed E-state index contributed by atoms with van der Waals surface area (Å²) in [4.78, 5) is 24.9. The number of aromatic nitrogens is 1. The molecule has 2 fully saturated rings. The number of rotatable bonds is 10. The number of pyridine rings is 1. The van der Waals surface area contributed by atoms with Crippen molar-refractivity contribution < 1.29 is 9.53 Å². The largest absolute Gasteiger partial charge is 0.384 e. The zero-order chi connectivity index (χ0) is 26.3. The van der Waals surface area contributed by atoms with Crippen LogP contribution >= 0.6 is 11.3 Å². The Morgan fingerprint density at radius 1 is 1.11 bits per heavy atom. The number of nitrogens with zero attached hydrogens (tertiary/aromatic N) is 4. The number of piperidine rings is 1. The number of carbonyl (C=O) groups is 1. The molecular weight excluding hydrogens is 494 g/mol. The minimum Gasteiger partial charge on any atom is -0.384 e. The van der Waals surface area contributed by atoms with Crippen LogP contribution in [0, 0.1) is 0 Å². The summed E-state index contributed by atoms with van der Waals surface area (Å²) in [6.45, 7) is 13.9. The summed E-state index contributed by atoms with van der Waals surface area (Å²) < 4.78 is 6.71. The summed E-state index contributed by atoms with van der Waals surface area (Å²) in [6.07, 6.45) is 3.65. The number of morpholine rings is 1. The molecule has 2 aromatic heterocycles. The van der Waals surface area contributed by atoms with Crippen molar-refractivity contribution in [3.05, 3.63) is 47.3 Å².